The minimum Gasteiger partial charge on any atom is -0.443 e. The average Bonchev–Trinajstić information content (AvgIpc) is 2.96. The van der Waals surface area contributed by atoms with Gasteiger partial charge < -0.3 is 9.47 Å². The van der Waals surface area contributed by atoms with E-state index in [0.717, 1.165) is 29.9 Å². The van der Waals surface area contributed by atoms with Crippen molar-refractivity contribution in [2.75, 3.05) is 18.1 Å². The topological polar surface area (TPSA) is 81.9 Å². The van der Waals surface area contributed by atoms with Gasteiger partial charge in [-0.1, -0.05) is 0 Å². The summed E-state index contributed by atoms with van der Waals surface area (Å²) in [6.45, 7) is 5.85. The molecule has 0 aromatic heterocycles. The van der Waals surface area contributed by atoms with Crippen LogP contribution in [0.3, 0.4) is 0 Å². The zero-order chi connectivity index (χ0) is 17.9. The number of anilines is 1. The largest absolute Gasteiger partial charge is 0.443 e. The lowest BCUT2D eigenvalue weighted by atomic mass is 10.2. The Bertz CT molecular complexity index is 623. The molecule has 0 saturated carbocycles. The molecule has 2 rings (SSSR count). The van der Waals surface area contributed by atoms with Crippen LogP contribution in [0.4, 0.5) is 20.6 Å². The molecule has 0 aliphatic carbocycles. The summed E-state index contributed by atoms with van der Waals surface area (Å²) in [5, 5.41) is 10.7. The number of carbonyl (C=O) groups is 1. The van der Waals surface area contributed by atoms with E-state index in [-0.39, 0.29) is 24.0 Å². The van der Waals surface area contributed by atoms with Crippen LogP contribution in [0.5, 0.6) is 0 Å². The molecule has 24 heavy (non-hydrogen) atoms. The maximum absolute atomic E-state index is 14.3. The Morgan fingerprint density at radius 1 is 1.50 bits per heavy atom. The van der Waals surface area contributed by atoms with Gasteiger partial charge in [0.1, 0.15) is 5.60 Å². The quantitative estimate of drug-likeness (QED) is 0.617. The number of hydrogen-bond acceptors (Lipinski definition) is 5. The summed E-state index contributed by atoms with van der Waals surface area (Å²) in [6, 6.07) is 3.17. The van der Waals surface area contributed by atoms with Crippen molar-refractivity contribution >= 4 is 17.5 Å². The lowest BCUT2D eigenvalue weighted by Gasteiger charge is -2.29. The van der Waals surface area contributed by atoms with E-state index in [9.17, 15) is 19.3 Å². The normalized spacial score (nSPS) is 17.6. The van der Waals surface area contributed by atoms with Crippen LogP contribution < -0.4 is 4.90 Å². The molecule has 0 bridgehead atoms. The van der Waals surface area contributed by atoms with Gasteiger partial charge in [0.15, 0.2) is 5.82 Å². The Morgan fingerprint density at radius 3 is 2.71 bits per heavy atom. The Kier molecular flexibility index (Phi) is 5.38. The van der Waals surface area contributed by atoms with Crippen molar-refractivity contribution in [2.45, 2.75) is 45.3 Å². The molecule has 0 radical (unpaired) electrons. The molecule has 1 unspecified atom stereocenters. The van der Waals surface area contributed by atoms with Gasteiger partial charge in [-0.3, -0.25) is 15.0 Å². The van der Waals surface area contributed by atoms with Crippen LogP contribution in [0.25, 0.3) is 0 Å². The Balaban J connectivity index is 2.30. The number of nitrogens with zero attached hydrogens (tertiary/aromatic N) is 2. The van der Waals surface area contributed by atoms with E-state index in [1.54, 1.807) is 20.8 Å². The summed E-state index contributed by atoms with van der Waals surface area (Å²) >= 11 is 0. The Labute approximate surface area is 139 Å². The van der Waals surface area contributed by atoms with Crippen LogP contribution in [0, 0.1) is 15.9 Å². The smallest absolute Gasteiger partial charge is 0.414 e. The van der Waals surface area contributed by atoms with Crippen molar-refractivity contribution in [3.8, 4) is 0 Å². The molecule has 1 aliphatic heterocycles. The third-order valence-corrected chi connectivity index (χ3v) is 3.46. The third-order valence-electron chi connectivity index (χ3n) is 3.46. The molecule has 132 valence electrons. The molecule has 1 aromatic carbocycles. The summed E-state index contributed by atoms with van der Waals surface area (Å²) in [7, 11) is 0. The first-order valence-corrected chi connectivity index (χ1v) is 7.73. The van der Waals surface area contributed by atoms with Crippen LogP contribution in [-0.4, -0.2) is 35.9 Å². The van der Waals surface area contributed by atoms with Gasteiger partial charge in [0, 0.05) is 12.7 Å². The van der Waals surface area contributed by atoms with Gasteiger partial charge in [0.05, 0.1) is 29.3 Å². The van der Waals surface area contributed by atoms with Gasteiger partial charge in [0.2, 0.25) is 0 Å². The standard InChI is InChI=1S/C16H21FN2O5/c1-16(2,3)24-15(20)18(10-12-5-4-8-23-12)14-7-6-11(19(21)22)9-13(14)17/h6-7,9,12H,4-5,8,10H2,1-3H3. The highest BCUT2D eigenvalue weighted by molar-refractivity contribution is 5.88. The number of rotatable bonds is 4. The second-order valence-electron chi connectivity index (χ2n) is 6.62. The minimum atomic E-state index is -0.854. The van der Waals surface area contributed by atoms with Crippen molar-refractivity contribution < 1.29 is 23.6 Å². The van der Waals surface area contributed by atoms with Crippen molar-refractivity contribution in [1.29, 1.82) is 0 Å². The lowest BCUT2D eigenvalue weighted by Crippen LogP contribution is -2.41. The molecule has 1 aliphatic rings. The van der Waals surface area contributed by atoms with E-state index in [1.807, 2.05) is 0 Å². The molecule has 1 atom stereocenters. The number of nitro benzene ring substituents is 1. The highest BCUT2D eigenvalue weighted by Gasteiger charge is 2.30. The molecule has 1 heterocycles. The molecule has 0 spiro atoms. The van der Waals surface area contributed by atoms with E-state index in [2.05, 4.69) is 0 Å². The first-order chi connectivity index (χ1) is 11.2. The van der Waals surface area contributed by atoms with Crippen LogP contribution in [-0.2, 0) is 9.47 Å². The van der Waals surface area contributed by atoms with Crippen LogP contribution >= 0.6 is 0 Å². The van der Waals surface area contributed by atoms with Gasteiger partial charge in [-0.05, 0) is 39.7 Å². The van der Waals surface area contributed by atoms with Crippen molar-refractivity contribution in [1.82, 2.24) is 0 Å². The molecule has 1 fully saturated rings. The minimum absolute atomic E-state index is 0.0645. The predicted octanol–water partition coefficient (Wildman–Crippen LogP) is 3.65. The highest BCUT2D eigenvalue weighted by Crippen LogP contribution is 2.27. The lowest BCUT2D eigenvalue weighted by molar-refractivity contribution is -0.385. The SMILES string of the molecule is CC(C)(C)OC(=O)N(CC1CCCO1)c1ccc([N+](=O)[O-])cc1F. The summed E-state index contributed by atoms with van der Waals surface area (Å²) in [5.74, 6) is -0.854. The van der Waals surface area contributed by atoms with Crippen LogP contribution in [0.15, 0.2) is 18.2 Å². The summed E-state index contributed by atoms with van der Waals surface area (Å²) < 4.78 is 25.2. The number of halogens is 1. The van der Waals surface area contributed by atoms with E-state index in [0.29, 0.717) is 6.61 Å². The molecule has 7 nitrogen and oxygen atoms in total. The van der Waals surface area contributed by atoms with Crippen molar-refractivity contribution in [3.05, 3.63) is 34.1 Å². The maximum atomic E-state index is 14.3. The van der Waals surface area contributed by atoms with Gasteiger partial charge in [-0.2, -0.15) is 0 Å². The molecule has 8 heteroatoms. The van der Waals surface area contributed by atoms with Gasteiger partial charge in [-0.25, -0.2) is 9.18 Å². The molecular formula is C16H21FN2O5. The van der Waals surface area contributed by atoms with E-state index < -0.39 is 22.4 Å². The Hall–Kier alpha value is -2.22. The zero-order valence-electron chi connectivity index (χ0n) is 14.0. The summed E-state index contributed by atoms with van der Waals surface area (Å²) in [5.41, 5.74) is -1.19. The number of nitro groups is 1. The molecule has 0 N–H and O–H groups in total. The van der Waals surface area contributed by atoms with Gasteiger partial charge in [0.25, 0.3) is 5.69 Å². The summed E-state index contributed by atoms with van der Waals surface area (Å²) in [4.78, 5) is 23.7. The summed E-state index contributed by atoms with van der Waals surface area (Å²) in [6.07, 6.45) is 0.696. The fourth-order valence-corrected chi connectivity index (χ4v) is 2.41. The van der Waals surface area contributed by atoms with E-state index >= 15 is 0 Å². The zero-order valence-corrected chi connectivity index (χ0v) is 14.0. The van der Waals surface area contributed by atoms with Crippen LogP contribution in [0.1, 0.15) is 33.6 Å². The van der Waals surface area contributed by atoms with Gasteiger partial charge in [-0.15, -0.1) is 0 Å². The first-order valence-electron chi connectivity index (χ1n) is 7.73. The van der Waals surface area contributed by atoms with E-state index in [1.165, 1.54) is 6.07 Å². The molecule has 1 saturated heterocycles. The fraction of sp³-hybridized carbons (Fsp3) is 0.562. The van der Waals surface area contributed by atoms with Crippen molar-refractivity contribution in [3.63, 3.8) is 0 Å². The second kappa shape index (κ2) is 7.12. The average molecular weight is 340 g/mol. The van der Waals surface area contributed by atoms with Gasteiger partial charge >= 0.3 is 6.09 Å². The van der Waals surface area contributed by atoms with E-state index in [4.69, 9.17) is 9.47 Å². The van der Waals surface area contributed by atoms with Crippen molar-refractivity contribution in [2.24, 2.45) is 0 Å². The predicted molar refractivity (Wildman–Crippen MR) is 85.6 cm³/mol. The second-order valence-corrected chi connectivity index (χ2v) is 6.62. The third kappa shape index (κ3) is 4.64. The number of non-ortho nitro benzene ring substituents is 1. The number of hydrogen-bond donors (Lipinski definition) is 0. The number of ether oxygens (including phenoxy) is 2. The first kappa shape index (κ1) is 18.1. The Morgan fingerprint density at radius 2 is 2.21 bits per heavy atom. The molecule has 1 aromatic rings. The number of carbonyl (C=O) groups excluding carboxylic acids is 1. The molecule has 1 amide bonds. The van der Waals surface area contributed by atoms with Crippen LogP contribution in [0.2, 0.25) is 0 Å². The number of benzene rings is 1. The monoisotopic (exact) mass is 340 g/mol. The maximum Gasteiger partial charge on any atom is 0.414 e. The fourth-order valence-electron chi connectivity index (χ4n) is 2.41. The number of amides is 1. The molecular weight excluding hydrogens is 319 g/mol. The highest BCUT2D eigenvalue weighted by atomic mass is 19.1.